The molecular weight excluding hydrogens is 288 g/mol. The molecule has 0 aliphatic carbocycles. The summed E-state index contributed by atoms with van der Waals surface area (Å²) < 4.78 is 27.1. The van der Waals surface area contributed by atoms with Gasteiger partial charge in [0.25, 0.3) is 0 Å². The predicted molar refractivity (Wildman–Crippen MR) is 75.2 cm³/mol. The van der Waals surface area contributed by atoms with Gasteiger partial charge in [-0.05, 0) is 13.8 Å². The number of ether oxygens (including phenoxy) is 1. The molecule has 1 aromatic heterocycles. The number of carbonyl (C=O) groups excluding carboxylic acids is 1. The third-order valence-electron chi connectivity index (χ3n) is 2.11. The summed E-state index contributed by atoms with van der Waals surface area (Å²) in [5, 5.41) is 5.36. The number of anilines is 1. The minimum absolute atomic E-state index is 0.0415. The Morgan fingerprint density at radius 3 is 2.84 bits per heavy atom. The molecule has 0 aromatic carbocycles. The zero-order valence-electron chi connectivity index (χ0n) is 11.2. The number of esters is 1. The van der Waals surface area contributed by atoms with E-state index in [9.17, 15) is 13.2 Å². The predicted octanol–water partition coefficient (Wildman–Crippen LogP) is 1.09. The fourth-order valence-electron chi connectivity index (χ4n) is 1.52. The highest BCUT2D eigenvalue weighted by Gasteiger charge is 2.13. The Morgan fingerprint density at radius 2 is 2.26 bits per heavy atom. The van der Waals surface area contributed by atoms with Crippen molar-refractivity contribution < 1.29 is 17.9 Å². The highest BCUT2D eigenvalue weighted by Crippen LogP contribution is 2.17. The Morgan fingerprint density at radius 1 is 1.58 bits per heavy atom. The van der Waals surface area contributed by atoms with Crippen LogP contribution in [0, 0.1) is 0 Å². The number of sulfone groups is 1. The van der Waals surface area contributed by atoms with Crippen molar-refractivity contribution in [3.8, 4) is 0 Å². The molecule has 0 bridgehead atoms. The van der Waals surface area contributed by atoms with Gasteiger partial charge in [0.2, 0.25) is 0 Å². The zero-order chi connectivity index (χ0) is 14.5. The first-order valence-corrected chi connectivity index (χ1v) is 8.78. The van der Waals surface area contributed by atoms with Crippen LogP contribution in [0.25, 0.3) is 0 Å². The minimum atomic E-state index is -3.02. The van der Waals surface area contributed by atoms with Gasteiger partial charge in [-0.15, -0.1) is 11.3 Å². The molecule has 0 radical (unpaired) electrons. The van der Waals surface area contributed by atoms with Crippen LogP contribution in [-0.2, 0) is 25.8 Å². The Bertz CT molecular complexity index is 525. The summed E-state index contributed by atoms with van der Waals surface area (Å²) in [6, 6.07) is -0.225. The van der Waals surface area contributed by atoms with Crippen LogP contribution in [0.3, 0.4) is 0 Å². The van der Waals surface area contributed by atoms with Crippen LogP contribution in [0.5, 0.6) is 0 Å². The SMILES string of the molecule is CCOC(=O)Cc1csc(NC(C)CS(C)(=O)=O)n1. The average molecular weight is 306 g/mol. The number of nitrogens with one attached hydrogen (secondary N) is 1. The summed E-state index contributed by atoms with van der Waals surface area (Å²) in [4.78, 5) is 15.5. The molecule has 1 unspecified atom stereocenters. The summed E-state index contributed by atoms with van der Waals surface area (Å²) in [7, 11) is -3.02. The van der Waals surface area contributed by atoms with Crippen molar-refractivity contribution in [2.24, 2.45) is 0 Å². The second-order valence-electron chi connectivity index (χ2n) is 4.26. The van der Waals surface area contributed by atoms with Crippen molar-refractivity contribution in [3.63, 3.8) is 0 Å². The smallest absolute Gasteiger partial charge is 0.311 e. The Labute approximate surface area is 117 Å². The van der Waals surface area contributed by atoms with Crippen LogP contribution >= 0.6 is 11.3 Å². The first kappa shape index (κ1) is 15.9. The normalized spacial score (nSPS) is 13.0. The lowest BCUT2D eigenvalue weighted by Gasteiger charge is -2.10. The molecule has 6 nitrogen and oxygen atoms in total. The standard InChI is InChI=1S/C11H18N2O4S2/c1-4-17-10(14)5-9-6-18-11(13-9)12-8(2)7-19(3,15)16/h6,8H,4-5,7H2,1-3H3,(H,12,13). The van der Waals surface area contributed by atoms with Gasteiger partial charge in [0.05, 0.1) is 24.5 Å². The molecule has 108 valence electrons. The monoisotopic (exact) mass is 306 g/mol. The van der Waals surface area contributed by atoms with Gasteiger partial charge >= 0.3 is 5.97 Å². The van der Waals surface area contributed by atoms with Gasteiger partial charge in [0, 0.05) is 17.7 Å². The lowest BCUT2D eigenvalue weighted by molar-refractivity contribution is -0.142. The van der Waals surface area contributed by atoms with Crippen LogP contribution < -0.4 is 5.32 Å². The molecule has 0 saturated carbocycles. The van der Waals surface area contributed by atoms with Crippen LogP contribution in [0.1, 0.15) is 19.5 Å². The largest absolute Gasteiger partial charge is 0.466 e. The van der Waals surface area contributed by atoms with Crippen molar-refractivity contribution in [1.82, 2.24) is 4.98 Å². The third kappa shape index (κ3) is 6.53. The fourth-order valence-corrected chi connectivity index (χ4v) is 3.34. The molecule has 1 atom stereocenters. The van der Waals surface area contributed by atoms with E-state index in [0.29, 0.717) is 17.4 Å². The van der Waals surface area contributed by atoms with E-state index in [0.717, 1.165) is 0 Å². The Balaban J connectivity index is 2.53. The van der Waals surface area contributed by atoms with Gasteiger partial charge in [-0.2, -0.15) is 0 Å². The second-order valence-corrected chi connectivity index (χ2v) is 7.31. The quantitative estimate of drug-likeness (QED) is 0.759. The molecule has 0 fully saturated rings. The van der Waals surface area contributed by atoms with Crippen LogP contribution in [0.15, 0.2) is 5.38 Å². The molecule has 0 spiro atoms. The first-order chi connectivity index (χ1) is 8.80. The van der Waals surface area contributed by atoms with E-state index in [1.165, 1.54) is 17.6 Å². The number of thiazole rings is 1. The van der Waals surface area contributed by atoms with Crippen molar-refractivity contribution in [3.05, 3.63) is 11.1 Å². The molecule has 1 heterocycles. The van der Waals surface area contributed by atoms with E-state index in [2.05, 4.69) is 10.3 Å². The average Bonchev–Trinajstić information content (AvgIpc) is 2.62. The first-order valence-electron chi connectivity index (χ1n) is 5.84. The highest BCUT2D eigenvalue weighted by molar-refractivity contribution is 7.90. The summed E-state index contributed by atoms with van der Waals surface area (Å²) >= 11 is 1.34. The summed E-state index contributed by atoms with van der Waals surface area (Å²) in [5.41, 5.74) is 0.623. The summed E-state index contributed by atoms with van der Waals surface area (Å²) in [6.45, 7) is 3.87. The van der Waals surface area contributed by atoms with E-state index < -0.39 is 9.84 Å². The molecule has 0 amide bonds. The summed E-state index contributed by atoms with van der Waals surface area (Å²) in [6.07, 6.45) is 1.33. The van der Waals surface area contributed by atoms with Crippen molar-refractivity contribution >= 4 is 32.3 Å². The van der Waals surface area contributed by atoms with Gasteiger partial charge in [-0.1, -0.05) is 0 Å². The number of aromatic nitrogens is 1. The lowest BCUT2D eigenvalue weighted by Crippen LogP contribution is -2.24. The maximum Gasteiger partial charge on any atom is 0.311 e. The molecular formula is C11H18N2O4S2. The number of rotatable bonds is 7. The van der Waals surface area contributed by atoms with Crippen LogP contribution in [-0.4, -0.2) is 44.0 Å². The maximum atomic E-state index is 11.3. The van der Waals surface area contributed by atoms with E-state index >= 15 is 0 Å². The minimum Gasteiger partial charge on any atom is -0.466 e. The van der Waals surface area contributed by atoms with Gasteiger partial charge < -0.3 is 10.1 Å². The number of nitrogens with zero attached hydrogens (tertiary/aromatic N) is 1. The van der Waals surface area contributed by atoms with Gasteiger partial charge in [0.1, 0.15) is 9.84 Å². The maximum absolute atomic E-state index is 11.3. The highest BCUT2D eigenvalue weighted by atomic mass is 32.2. The van der Waals surface area contributed by atoms with Gasteiger partial charge in [0.15, 0.2) is 5.13 Å². The number of carbonyl (C=O) groups is 1. The van der Waals surface area contributed by atoms with Crippen molar-refractivity contribution in [2.75, 3.05) is 23.9 Å². The van der Waals surface area contributed by atoms with Crippen LogP contribution in [0.4, 0.5) is 5.13 Å². The molecule has 19 heavy (non-hydrogen) atoms. The zero-order valence-corrected chi connectivity index (χ0v) is 12.8. The molecule has 0 aliphatic heterocycles. The third-order valence-corrected chi connectivity index (χ3v) is 4.03. The van der Waals surface area contributed by atoms with Gasteiger partial charge in [-0.25, -0.2) is 13.4 Å². The molecule has 1 aromatic rings. The Kier molecular flexibility index (Phi) is 5.74. The summed E-state index contributed by atoms with van der Waals surface area (Å²) in [5.74, 6) is -0.275. The van der Waals surface area contributed by atoms with Crippen molar-refractivity contribution in [2.45, 2.75) is 26.3 Å². The van der Waals surface area contributed by atoms with E-state index in [4.69, 9.17) is 4.74 Å². The van der Waals surface area contributed by atoms with Crippen molar-refractivity contribution in [1.29, 1.82) is 0 Å². The van der Waals surface area contributed by atoms with E-state index in [1.54, 1.807) is 19.2 Å². The molecule has 8 heteroatoms. The topological polar surface area (TPSA) is 85.4 Å². The molecule has 0 saturated heterocycles. The lowest BCUT2D eigenvalue weighted by atomic mass is 10.3. The molecule has 1 N–H and O–H groups in total. The Hall–Kier alpha value is -1.15. The van der Waals surface area contributed by atoms with Gasteiger partial charge in [-0.3, -0.25) is 4.79 Å². The molecule has 1 rings (SSSR count). The fraction of sp³-hybridized carbons (Fsp3) is 0.636. The van der Waals surface area contributed by atoms with Crippen LogP contribution in [0.2, 0.25) is 0 Å². The van der Waals surface area contributed by atoms with E-state index in [-0.39, 0.29) is 24.2 Å². The molecule has 0 aliphatic rings. The second kappa shape index (κ2) is 6.85. The van der Waals surface area contributed by atoms with E-state index in [1.807, 2.05) is 0 Å². The number of hydrogen-bond acceptors (Lipinski definition) is 7. The number of hydrogen-bond donors (Lipinski definition) is 1.